The zero-order chi connectivity index (χ0) is 24.5. The van der Waals surface area contributed by atoms with Crippen LogP contribution in [0.1, 0.15) is 33.4 Å². The fourth-order valence-corrected chi connectivity index (χ4v) is 5.15. The zero-order valence-corrected chi connectivity index (χ0v) is 20.4. The second-order valence-corrected chi connectivity index (χ2v) is 9.26. The quantitative estimate of drug-likeness (QED) is 0.327. The van der Waals surface area contributed by atoms with Crippen LogP contribution in [0, 0.1) is 0 Å². The van der Waals surface area contributed by atoms with E-state index in [0.29, 0.717) is 40.0 Å². The predicted octanol–water partition coefficient (Wildman–Crippen LogP) is 5.72. The molecule has 2 amide bonds. The minimum absolute atomic E-state index is 0.192. The summed E-state index contributed by atoms with van der Waals surface area (Å²) in [6.07, 6.45) is 1.85. The van der Waals surface area contributed by atoms with E-state index in [0.717, 1.165) is 16.5 Å². The van der Waals surface area contributed by atoms with Crippen molar-refractivity contribution < 1.29 is 14.3 Å². The molecule has 3 aromatic carbocycles. The van der Waals surface area contributed by atoms with Crippen molar-refractivity contribution in [1.29, 1.82) is 0 Å². The van der Waals surface area contributed by atoms with E-state index in [4.69, 9.17) is 27.9 Å². The molecule has 2 unspecified atom stereocenters. The molecule has 8 heteroatoms. The Morgan fingerprint density at radius 2 is 1.83 bits per heavy atom. The average Bonchev–Trinajstić information content (AvgIpc) is 3.26. The van der Waals surface area contributed by atoms with Crippen LogP contribution in [0.5, 0.6) is 0 Å². The average molecular weight is 508 g/mol. The van der Waals surface area contributed by atoms with Crippen molar-refractivity contribution in [2.75, 3.05) is 25.2 Å². The Morgan fingerprint density at radius 3 is 2.63 bits per heavy atom. The van der Waals surface area contributed by atoms with Crippen LogP contribution in [0.2, 0.25) is 10.0 Å². The van der Waals surface area contributed by atoms with Crippen LogP contribution in [0.4, 0.5) is 5.69 Å². The van der Waals surface area contributed by atoms with Gasteiger partial charge in [-0.05, 0) is 42.0 Å². The summed E-state index contributed by atoms with van der Waals surface area (Å²) in [5.41, 5.74) is 3.41. The number of hydrogen-bond acceptors (Lipinski definition) is 3. The number of rotatable bonds is 6. The van der Waals surface area contributed by atoms with Gasteiger partial charge >= 0.3 is 0 Å². The van der Waals surface area contributed by atoms with Gasteiger partial charge in [-0.1, -0.05) is 53.5 Å². The van der Waals surface area contributed by atoms with Crippen molar-refractivity contribution in [3.05, 3.63) is 99.7 Å². The first-order valence-corrected chi connectivity index (χ1v) is 12.0. The van der Waals surface area contributed by atoms with Crippen LogP contribution in [0.15, 0.2) is 72.9 Å². The number of anilines is 1. The van der Waals surface area contributed by atoms with E-state index in [1.807, 2.05) is 36.5 Å². The SMILES string of the molecule is COCCNC(=O)C1c2ccccc2C(=O)N(c2cccc(Cl)c2)C1c1c[nH]c2cc(Cl)ccc12. The Morgan fingerprint density at radius 1 is 1.03 bits per heavy atom. The number of benzene rings is 3. The van der Waals surface area contributed by atoms with E-state index in [9.17, 15) is 9.59 Å². The van der Waals surface area contributed by atoms with Crippen LogP contribution < -0.4 is 10.2 Å². The van der Waals surface area contributed by atoms with E-state index in [1.54, 1.807) is 48.4 Å². The minimum atomic E-state index is -0.672. The first-order chi connectivity index (χ1) is 17.0. The first-order valence-electron chi connectivity index (χ1n) is 11.2. The highest BCUT2D eigenvalue weighted by atomic mass is 35.5. The van der Waals surface area contributed by atoms with Crippen molar-refractivity contribution in [1.82, 2.24) is 10.3 Å². The van der Waals surface area contributed by atoms with Gasteiger partial charge in [0, 0.05) is 57.6 Å². The Labute approximate surface area is 212 Å². The molecule has 1 aliphatic heterocycles. The van der Waals surface area contributed by atoms with Gasteiger partial charge in [-0.3, -0.25) is 14.5 Å². The molecule has 35 heavy (non-hydrogen) atoms. The number of methoxy groups -OCH3 is 1. The van der Waals surface area contributed by atoms with Gasteiger partial charge in [0.25, 0.3) is 5.91 Å². The molecule has 1 aliphatic rings. The summed E-state index contributed by atoms with van der Waals surface area (Å²) in [4.78, 5) is 32.6. The van der Waals surface area contributed by atoms with E-state index >= 15 is 0 Å². The van der Waals surface area contributed by atoms with E-state index < -0.39 is 12.0 Å². The molecule has 178 valence electrons. The monoisotopic (exact) mass is 507 g/mol. The van der Waals surface area contributed by atoms with Crippen molar-refractivity contribution in [2.45, 2.75) is 12.0 Å². The number of amides is 2. The highest BCUT2D eigenvalue weighted by Gasteiger charge is 2.45. The molecule has 6 nitrogen and oxygen atoms in total. The smallest absolute Gasteiger partial charge is 0.259 e. The molecule has 1 aromatic heterocycles. The summed E-state index contributed by atoms with van der Waals surface area (Å²) < 4.78 is 5.13. The fourth-order valence-electron chi connectivity index (χ4n) is 4.80. The fraction of sp³-hybridized carbons (Fsp3) is 0.185. The van der Waals surface area contributed by atoms with Gasteiger partial charge < -0.3 is 15.0 Å². The van der Waals surface area contributed by atoms with Crippen molar-refractivity contribution in [2.24, 2.45) is 0 Å². The van der Waals surface area contributed by atoms with Gasteiger partial charge in [0.1, 0.15) is 0 Å². The lowest BCUT2D eigenvalue weighted by Gasteiger charge is -2.41. The maximum Gasteiger partial charge on any atom is 0.259 e. The van der Waals surface area contributed by atoms with Gasteiger partial charge in [0.05, 0.1) is 18.6 Å². The molecule has 5 rings (SSSR count). The Balaban J connectivity index is 1.75. The van der Waals surface area contributed by atoms with Gasteiger partial charge in [-0.2, -0.15) is 0 Å². The molecule has 4 aromatic rings. The third-order valence-corrected chi connectivity index (χ3v) is 6.78. The Hall–Kier alpha value is -3.32. The molecule has 2 N–H and O–H groups in total. The van der Waals surface area contributed by atoms with E-state index in [2.05, 4.69) is 10.3 Å². The largest absolute Gasteiger partial charge is 0.383 e. The second kappa shape index (κ2) is 9.74. The Bertz CT molecular complexity index is 1420. The van der Waals surface area contributed by atoms with Gasteiger partial charge in [-0.15, -0.1) is 0 Å². The van der Waals surface area contributed by atoms with Crippen LogP contribution in [0.3, 0.4) is 0 Å². The van der Waals surface area contributed by atoms with Crippen molar-refractivity contribution >= 4 is 51.6 Å². The number of ether oxygens (including phenoxy) is 1. The highest BCUT2D eigenvalue weighted by molar-refractivity contribution is 6.31. The molecule has 0 fully saturated rings. The summed E-state index contributed by atoms with van der Waals surface area (Å²) in [7, 11) is 1.58. The number of halogens is 2. The maximum atomic E-state index is 14.0. The number of nitrogens with zero attached hydrogens (tertiary/aromatic N) is 1. The molecular weight excluding hydrogens is 485 g/mol. The number of nitrogens with one attached hydrogen (secondary N) is 2. The van der Waals surface area contributed by atoms with Crippen LogP contribution in [-0.4, -0.2) is 37.1 Å². The number of carbonyl (C=O) groups is 2. The Kier molecular flexibility index (Phi) is 6.52. The molecule has 0 saturated heterocycles. The lowest BCUT2D eigenvalue weighted by atomic mass is 9.78. The van der Waals surface area contributed by atoms with Crippen LogP contribution in [-0.2, 0) is 9.53 Å². The first kappa shape index (κ1) is 23.4. The van der Waals surface area contributed by atoms with Crippen molar-refractivity contribution in [3.8, 4) is 0 Å². The summed E-state index contributed by atoms with van der Waals surface area (Å²) in [5.74, 6) is -1.06. The lowest BCUT2D eigenvalue weighted by molar-refractivity contribution is -0.123. The van der Waals surface area contributed by atoms with Gasteiger partial charge in [0.2, 0.25) is 5.91 Å². The number of H-pyrrole nitrogens is 1. The molecular formula is C27H23Cl2N3O3. The normalized spacial score (nSPS) is 17.5. The second-order valence-electron chi connectivity index (χ2n) is 8.38. The summed E-state index contributed by atoms with van der Waals surface area (Å²) >= 11 is 12.5. The van der Waals surface area contributed by atoms with E-state index in [1.165, 1.54) is 0 Å². The van der Waals surface area contributed by atoms with Crippen LogP contribution in [0.25, 0.3) is 10.9 Å². The standard InChI is InChI=1S/C27H23Cl2N3O3/c1-35-12-11-30-26(33)24-20-7-2-3-8-21(20)27(34)32(18-6-4-5-16(28)13-18)25(24)22-15-31-23-14-17(29)9-10-19(22)23/h2-10,13-15,24-25,31H,11-12H2,1H3,(H,30,33). The lowest BCUT2D eigenvalue weighted by Crippen LogP contribution is -2.48. The summed E-state index contributed by atoms with van der Waals surface area (Å²) in [6, 6.07) is 19.3. The zero-order valence-electron chi connectivity index (χ0n) is 18.9. The minimum Gasteiger partial charge on any atom is -0.383 e. The van der Waals surface area contributed by atoms with E-state index in [-0.39, 0.29) is 11.8 Å². The molecule has 0 spiro atoms. The molecule has 0 saturated carbocycles. The molecule has 0 radical (unpaired) electrons. The molecule has 2 heterocycles. The highest BCUT2D eigenvalue weighted by Crippen LogP contribution is 2.47. The molecule has 0 aliphatic carbocycles. The number of aromatic nitrogens is 1. The third kappa shape index (κ3) is 4.29. The number of fused-ring (bicyclic) bond motifs is 2. The van der Waals surface area contributed by atoms with Gasteiger partial charge in [-0.25, -0.2) is 0 Å². The molecule has 2 atom stereocenters. The molecule has 0 bridgehead atoms. The van der Waals surface area contributed by atoms with Crippen LogP contribution >= 0.6 is 23.2 Å². The topological polar surface area (TPSA) is 74.4 Å². The number of hydrogen-bond donors (Lipinski definition) is 2. The van der Waals surface area contributed by atoms with Crippen molar-refractivity contribution in [3.63, 3.8) is 0 Å². The predicted molar refractivity (Wildman–Crippen MR) is 138 cm³/mol. The number of carbonyl (C=O) groups excluding carboxylic acids is 2. The summed E-state index contributed by atoms with van der Waals surface area (Å²) in [5, 5.41) is 4.96. The maximum absolute atomic E-state index is 14.0. The number of aromatic amines is 1. The van der Waals surface area contributed by atoms with Gasteiger partial charge in [0.15, 0.2) is 0 Å². The third-order valence-electron chi connectivity index (χ3n) is 6.31. The summed E-state index contributed by atoms with van der Waals surface area (Å²) in [6.45, 7) is 0.739.